The highest BCUT2D eigenvalue weighted by Gasteiger charge is 2.37. The van der Waals surface area contributed by atoms with E-state index in [2.05, 4.69) is 5.32 Å². The van der Waals surface area contributed by atoms with Gasteiger partial charge in [0.05, 0.1) is 31.0 Å². The van der Waals surface area contributed by atoms with Crippen molar-refractivity contribution in [3.63, 3.8) is 0 Å². The molecule has 0 saturated heterocycles. The number of alkyl halides is 6. The lowest BCUT2D eigenvalue weighted by Crippen LogP contribution is -2.21. The number of hydrogen-bond acceptors (Lipinski definition) is 4. The summed E-state index contributed by atoms with van der Waals surface area (Å²) in [4.78, 5) is 12.0. The molecule has 2 aromatic rings. The van der Waals surface area contributed by atoms with E-state index in [1.54, 1.807) is 6.07 Å². The minimum absolute atomic E-state index is 0.0337. The normalized spacial score (nSPS) is 11.7. The average Bonchev–Trinajstić information content (AvgIpc) is 2.64. The summed E-state index contributed by atoms with van der Waals surface area (Å²) in [6, 6.07) is 5.21. The first kappa shape index (κ1) is 22.2. The fourth-order valence-corrected chi connectivity index (χ4v) is 2.26. The van der Waals surface area contributed by atoms with Crippen LogP contribution < -0.4 is 19.5 Å². The Morgan fingerprint density at radius 3 is 1.93 bits per heavy atom. The van der Waals surface area contributed by atoms with Crippen molar-refractivity contribution in [1.82, 2.24) is 0 Å². The van der Waals surface area contributed by atoms with Crippen LogP contribution in [0, 0.1) is 0 Å². The minimum atomic E-state index is -5.02. The summed E-state index contributed by atoms with van der Waals surface area (Å²) < 4.78 is 92.0. The monoisotopic (exact) mass is 423 g/mol. The third kappa shape index (κ3) is 5.93. The molecular formula is C18H15F6NO4. The summed E-state index contributed by atoms with van der Waals surface area (Å²) in [5.41, 5.74) is -2.91. The number of nitrogens with one attached hydrogen (secondary N) is 1. The molecule has 29 heavy (non-hydrogen) atoms. The van der Waals surface area contributed by atoms with Crippen LogP contribution >= 0.6 is 0 Å². The van der Waals surface area contributed by atoms with Crippen molar-refractivity contribution in [3.8, 4) is 17.2 Å². The molecule has 0 aliphatic carbocycles. The van der Waals surface area contributed by atoms with E-state index in [0.29, 0.717) is 17.9 Å². The molecule has 0 radical (unpaired) electrons. The minimum Gasteiger partial charge on any atom is -0.497 e. The first-order valence-electron chi connectivity index (χ1n) is 7.88. The van der Waals surface area contributed by atoms with Gasteiger partial charge in [-0.3, -0.25) is 4.79 Å². The van der Waals surface area contributed by atoms with Gasteiger partial charge in [0.2, 0.25) is 0 Å². The van der Waals surface area contributed by atoms with E-state index in [0.717, 1.165) is 0 Å². The van der Waals surface area contributed by atoms with Gasteiger partial charge < -0.3 is 19.5 Å². The van der Waals surface area contributed by atoms with Crippen LogP contribution in [0.4, 0.5) is 32.0 Å². The predicted octanol–water partition coefficient (Wildman–Crippen LogP) is 4.76. The Kier molecular flexibility index (Phi) is 6.50. The van der Waals surface area contributed by atoms with Crippen molar-refractivity contribution < 1.29 is 45.3 Å². The van der Waals surface area contributed by atoms with Crippen molar-refractivity contribution in [2.45, 2.75) is 12.4 Å². The first-order valence-corrected chi connectivity index (χ1v) is 7.88. The van der Waals surface area contributed by atoms with Gasteiger partial charge in [-0.2, -0.15) is 26.3 Å². The number of ether oxygens (including phenoxy) is 3. The van der Waals surface area contributed by atoms with Crippen LogP contribution in [0.25, 0.3) is 0 Å². The predicted molar refractivity (Wildman–Crippen MR) is 90.1 cm³/mol. The van der Waals surface area contributed by atoms with E-state index in [4.69, 9.17) is 14.2 Å². The maximum Gasteiger partial charge on any atom is 0.416 e. The highest BCUT2D eigenvalue weighted by molar-refractivity contribution is 5.93. The Balaban J connectivity index is 2.18. The lowest BCUT2D eigenvalue weighted by Gasteiger charge is -2.15. The number of amides is 1. The Morgan fingerprint density at radius 1 is 0.862 bits per heavy atom. The highest BCUT2D eigenvalue weighted by Crippen LogP contribution is 2.38. The Labute approximate surface area is 161 Å². The third-order valence-electron chi connectivity index (χ3n) is 3.61. The lowest BCUT2D eigenvalue weighted by atomic mass is 10.1. The Bertz CT molecular complexity index is 847. The van der Waals surface area contributed by atoms with Crippen LogP contribution in [0.15, 0.2) is 36.4 Å². The van der Waals surface area contributed by atoms with E-state index in [1.807, 2.05) is 0 Å². The van der Waals surface area contributed by atoms with E-state index < -0.39 is 41.7 Å². The quantitative estimate of drug-likeness (QED) is 0.681. The number of anilines is 1. The Morgan fingerprint density at radius 2 is 1.45 bits per heavy atom. The van der Waals surface area contributed by atoms with E-state index in [9.17, 15) is 31.1 Å². The fourth-order valence-electron chi connectivity index (χ4n) is 2.26. The van der Waals surface area contributed by atoms with Gasteiger partial charge in [-0.1, -0.05) is 0 Å². The van der Waals surface area contributed by atoms with Crippen LogP contribution in [-0.4, -0.2) is 26.7 Å². The number of methoxy groups -OCH3 is 2. The number of benzene rings is 2. The second-order valence-corrected chi connectivity index (χ2v) is 5.64. The Hall–Kier alpha value is -3.11. The number of halogens is 6. The molecule has 5 nitrogen and oxygen atoms in total. The van der Waals surface area contributed by atoms with Crippen LogP contribution in [0.5, 0.6) is 17.2 Å². The van der Waals surface area contributed by atoms with E-state index in [-0.39, 0.29) is 17.5 Å². The molecule has 0 bridgehead atoms. The van der Waals surface area contributed by atoms with Gasteiger partial charge in [0.15, 0.2) is 6.61 Å². The van der Waals surface area contributed by atoms with Crippen LogP contribution in [-0.2, 0) is 17.1 Å². The molecule has 11 heteroatoms. The van der Waals surface area contributed by atoms with Gasteiger partial charge in [-0.25, -0.2) is 0 Å². The van der Waals surface area contributed by atoms with Gasteiger partial charge in [0, 0.05) is 6.07 Å². The van der Waals surface area contributed by atoms with Crippen molar-refractivity contribution in [3.05, 3.63) is 47.5 Å². The van der Waals surface area contributed by atoms with Gasteiger partial charge in [-0.05, 0) is 30.3 Å². The number of hydrogen-bond donors (Lipinski definition) is 1. The fraction of sp³-hybridized carbons (Fsp3) is 0.278. The zero-order valence-corrected chi connectivity index (χ0v) is 15.1. The third-order valence-corrected chi connectivity index (χ3v) is 3.61. The maximum atomic E-state index is 12.8. The zero-order chi connectivity index (χ0) is 21.8. The van der Waals surface area contributed by atoms with Gasteiger partial charge in [-0.15, -0.1) is 0 Å². The van der Waals surface area contributed by atoms with Crippen LogP contribution in [0.3, 0.4) is 0 Å². The van der Waals surface area contributed by atoms with E-state index >= 15 is 0 Å². The van der Waals surface area contributed by atoms with Crippen LogP contribution in [0.1, 0.15) is 11.1 Å². The lowest BCUT2D eigenvalue weighted by molar-refractivity contribution is -0.143. The second kappa shape index (κ2) is 8.50. The smallest absolute Gasteiger partial charge is 0.416 e. The maximum absolute atomic E-state index is 12.8. The summed E-state index contributed by atoms with van der Waals surface area (Å²) in [5.74, 6) is -0.935. The van der Waals surface area contributed by atoms with Gasteiger partial charge >= 0.3 is 12.4 Å². The summed E-state index contributed by atoms with van der Waals surface area (Å²) in [6.45, 7) is -0.834. The highest BCUT2D eigenvalue weighted by atomic mass is 19.4. The molecule has 0 aromatic heterocycles. The van der Waals surface area contributed by atoms with Gasteiger partial charge in [0.25, 0.3) is 5.91 Å². The summed E-state index contributed by atoms with van der Waals surface area (Å²) >= 11 is 0. The molecular weight excluding hydrogens is 408 g/mol. The molecule has 0 spiro atoms. The van der Waals surface area contributed by atoms with Crippen molar-refractivity contribution in [1.29, 1.82) is 0 Å². The molecule has 0 aliphatic heterocycles. The zero-order valence-electron chi connectivity index (χ0n) is 15.1. The van der Waals surface area contributed by atoms with Crippen molar-refractivity contribution >= 4 is 11.6 Å². The molecule has 0 heterocycles. The standard InChI is InChI=1S/C18H15F6NO4/c1-27-12-3-4-15(28-2)14(8-12)25-16(26)9-29-13-6-10(17(19,20)21)5-11(7-13)18(22,23)24/h3-8H,9H2,1-2H3,(H,25,26). The molecule has 2 rings (SSSR count). The largest absolute Gasteiger partial charge is 0.497 e. The molecule has 1 N–H and O–H groups in total. The van der Waals surface area contributed by atoms with Crippen molar-refractivity contribution in [2.24, 2.45) is 0 Å². The van der Waals surface area contributed by atoms with E-state index in [1.165, 1.54) is 26.4 Å². The van der Waals surface area contributed by atoms with Crippen molar-refractivity contribution in [2.75, 3.05) is 26.1 Å². The molecule has 158 valence electrons. The summed E-state index contributed by atoms with van der Waals surface area (Å²) in [6.07, 6.45) is -10.0. The first-order chi connectivity index (χ1) is 13.4. The second-order valence-electron chi connectivity index (χ2n) is 5.64. The molecule has 0 aliphatic rings. The van der Waals surface area contributed by atoms with Crippen LogP contribution in [0.2, 0.25) is 0 Å². The molecule has 0 fully saturated rings. The number of carbonyl (C=O) groups is 1. The SMILES string of the molecule is COc1ccc(OC)c(NC(=O)COc2cc(C(F)(F)F)cc(C(F)(F)F)c2)c1. The molecule has 2 aromatic carbocycles. The average molecular weight is 423 g/mol. The summed E-state index contributed by atoms with van der Waals surface area (Å²) in [7, 11) is 2.73. The summed E-state index contributed by atoms with van der Waals surface area (Å²) in [5, 5.41) is 2.38. The topological polar surface area (TPSA) is 56.8 Å². The molecule has 0 saturated carbocycles. The number of rotatable bonds is 6. The molecule has 1 amide bonds. The van der Waals surface area contributed by atoms with Gasteiger partial charge in [0.1, 0.15) is 17.2 Å². The molecule has 0 unspecified atom stereocenters. The number of carbonyl (C=O) groups excluding carboxylic acids is 1. The molecule has 0 atom stereocenters.